The van der Waals surface area contributed by atoms with E-state index in [-0.39, 0.29) is 0 Å². The SMILES string of the molecule is Cc1oc2c(c1S)CCCC2. The van der Waals surface area contributed by atoms with Gasteiger partial charge in [-0.05, 0) is 26.2 Å². The van der Waals surface area contributed by atoms with Crippen molar-refractivity contribution in [3.63, 3.8) is 0 Å². The molecule has 2 heteroatoms. The predicted octanol–water partition coefficient (Wildman–Crippen LogP) is 2.76. The summed E-state index contributed by atoms with van der Waals surface area (Å²) in [7, 11) is 0. The summed E-state index contributed by atoms with van der Waals surface area (Å²) in [6, 6.07) is 0. The molecule has 0 saturated carbocycles. The quantitative estimate of drug-likeness (QED) is 0.588. The molecule has 0 saturated heterocycles. The van der Waals surface area contributed by atoms with Gasteiger partial charge in [0, 0.05) is 16.9 Å². The Labute approximate surface area is 72.2 Å². The van der Waals surface area contributed by atoms with Crippen LogP contribution in [0, 0.1) is 6.92 Å². The third kappa shape index (κ3) is 1.09. The predicted molar refractivity (Wildman–Crippen MR) is 47.3 cm³/mol. The molecule has 1 aromatic heterocycles. The van der Waals surface area contributed by atoms with Gasteiger partial charge in [-0.15, -0.1) is 12.6 Å². The smallest absolute Gasteiger partial charge is 0.114 e. The fourth-order valence-electron chi connectivity index (χ4n) is 1.69. The molecule has 0 radical (unpaired) electrons. The molecule has 1 aliphatic rings. The first-order valence-electron chi connectivity index (χ1n) is 4.09. The van der Waals surface area contributed by atoms with Crippen molar-refractivity contribution in [2.75, 3.05) is 0 Å². The number of rotatable bonds is 0. The van der Waals surface area contributed by atoms with Crippen LogP contribution in [0.2, 0.25) is 0 Å². The standard InChI is InChI=1S/C9H12OS/c1-6-9(11)7-4-2-3-5-8(7)10-6/h11H,2-5H2,1H3. The lowest BCUT2D eigenvalue weighted by Crippen LogP contribution is -1.98. The van der Waals surface area contributed by atoms with Crippen LogP contribution in [0.3, 0.4) is 0 Å². The Morgan fingerprint density at radius 2 is 2.00 bits per heavy atom. The second kappa shape index (κ2) is 2.59. The van der Waals surface area contributed by atoms with Gasteiger partial charge in [0.25, 0.3) is 0 Å². The van der Waals surface area contributed by atoms with Crippen molar-refractivity contribution in [1.29, 1.82) is 0 Å². The number of aryl methyl sites for hydroxylation is 2. The van der Waals surface area contributed by atoms with Crippen molar-refractivity contribution in [1.82, 2.24) is 0 Å². The Hall–Kier alpha value is -0.370. The molecule has 0 aliphatic heterocycles. The van der Waals surface area contributed by atoms with Gasteiger partial charge in [-0.25, -0.2) is 0 Å². The van der Waals surface area contributed by atoms with E-state index in [1.807, 2.05) is 6.92 Å². The van der Waals surface area contributed by atoms with Gasteiger partial charge < -0.3 is 4.42 Å². The first-order valence-corrected chi connectivity index (χ1v) is 4.54. The number of thiol groups is 1. The van der Waals surface area contributed by atoms with Crippen LogP contribution in [-0.2, 0) is 12.8 Å². The van der Waals surface area contributed by atoms with Crippen LogP contribution >= 0.6 is 12.6 Å². The highest BCUT2D eigenvalue weighted by Crippen LogP contribution is 2.31. The Bertz CT molecular complexity index is 275. The third-order valence-corrected chi connectivity index (χ3v) is 2.90. The van der Waals surface area contributed by atoms with Crippen LogP contribution in [0.15, 0.2) is 9.31 Å². The molecule has 0 atom stereocenters. The highest BCUT2D eigenvalue weighted by molar-refractivity contribution is 7.80. The summed E-state index contributed by atoms with van der Waals surface area (Å²) in [4.78, 5) is 1.08. The van der Waals surface area contributed by atoms with Crippen molar-refractivity contribution in [3.8, 4) is 0 Å². The fraction of sp³-hybridized carbons (Fsp3) is 0.556. The summed E-state index contributed by atoms with van der Waals surface area (Å²) in [6.07, 6.45) is 4.83. The topological polar surface area (TPSA) is 13.1 Å². The molecule has 60 valence electrons. The molecule has 1 aromatic rings. The van der Waals surface area contributed by atoms with Gasteiger partial charge in [-0.1, -0.05) is 0 Å². The largest absolute Gasteiger partial charge is 0.465 e. The third-order valence-electron chi connectivity index (χ3n) is 2.31. The Morgan fingerprint density at radius 3 is 2.73 bits per heavy atom. The molecular formula is C9H12OS. The summed E-state index contributed by atoms with van der Waals surface area (Å²) in [5.74, 6) is 2.17. The molecule has 0 aromatic carbocycles. The van der Waals surface area contributed by atoms with Crippen LogP contribution in [0.5, 0.6) is 0 Å². The molecule has 0 unspecified atom stereocenters. The first kappa shape index (κ1) is 7.29. The van der Waals surface area contributed by atoms with E-state index in [1.165, 1.54) is 24.2 Å². The fourth-order valence-corrected chi connectivity index (χ4v) is 1.97. The summed E-state index contributed by atoms with van der Waals surface area (Å²) in [5.41, 5.74) is 1.36. The Morgan fingerprint density at radius 1 is 1.27 bits per heavy atom. The van der Waals surface area contributed by atoms with Crippen LogP contribution in [0.25, 0.3) is 0 Å². The minimum Gasteiger partial charge on any atom is -0.465 e. The summed E-state index contributed by atoms with van der Waals surface area (Å²) in [6.45, 7) is 1.99. The second-order valence-electron chi connectivity index (χ2n) is 3.12. The molecule has 0 amide bonds. The first-order chi connectivity index (χ1) is 5.29. The molecule has 0 bridgehead atoms. The molecule has 2 rings (SSSR count). The molecule has 1 heterocycles. The Kier molecular flexibility index (Phi) is 1.72. The van der Waals surface area contributed by atoms with E-state index in [4.69, 9.17) is 4.42 Å². The molecule has 1 aliphatic carbocycles. The van der Waals surface area contributed by atoms with E-state index in [0.29, 0.717) is 0 Å². The zero-order valence-corrected chi connectivity index (χ0v) is 7.58. The van der Waals surface area contributed by atoms with Gasteiger partial charge in [0.2, 0.25) is 0 Å². The summed E-state index contributed by atoms with van der Waals surface area (Å²) >= 11 is 4.41. The normalized spacial score (nSPS) is 16.5. The van der Waals surface area contributed by atoms with E-state index >= 15 is 0 Å². The molecular weight excluding hydrogens is 156 g/mol. The average Bonchev–Trinajstić information content (AvgIpc) is 2.30. The van der Waals surface area contributed by atoms with E-state index in [0.717, 1.165) is 23.5 Å². The molecule has 0 spiro atoms. The van der Waals surface area contributed by atoms with E-state index in [2.05, 4.69) is 12.6 Å². The van der Waals surface area contributed by atoms with Gasteiger partial charge in [0.1, 0.15) is 11.5 Å². The maximum atomic E-state index is 5.56. The number of hydrogen-bond acceptors (Lipinski definition) is 2. The minimum atomic E-state index is 0.986. The van der Waals surface area contributed by atoms with Gasteiger partial charge in [-0.2, -0.15) is 0 Å². The van der Waals surface area contributed by atoms with Crippen LogP contribution in [-0.4, -0.2) is 0 Å². The lowest BCUT2D eigenvalue weighted by Gasteiger charge is -2.08. The number of hydrogen-bond donors (Lipinski definition) is 1. The Balaban J connectivity index is 2.50. The van der Waals surface area contributed by atoms with Crippen molar-refractivity contribution in [2.45, 2.75) is 37.5 Å². The van der Waals surface area contributed by atoms with Crippen molar-refractivity contribution >= 4 is 12.6 Å². The van der Waals surface area contributed by atoms with Crippen LogP contribution < -0.4 is 0 Å². The van der Waals surface area contributed by atoms with E-state index in [1.54, 1.807) is 0 Å². The molecule has 0 fully saturated rings. The highest BCUT2D eigenvalue weighted by Gasteiger charge is 2.17. The van der Waals surface area contributed by atoms with Crippen molar-refractivity contribution < 1.29 is 4.42 Å². The molecule has 0 N–H and O–H groups in total. The van der Waals surface area contributed by atoms with Crippen LogP contribution in [0.1, 0.15) is 29.9 Å². The van der Waals surface area contributed by atoms with Gasteiger partial charge in [-0.3, -0.25) is 0 Å². The van der Waals surface area contributed by atoms with Gasteiger partial charge in [0.05, 0.1) is 0 Å². The lowest BCUT2D eigenvalue weighted by molar-refractivity contribution is 0.456. The maximum absolute atomic E-state index is 5.56. The van der Waals surface area contributed by atoms with Gasteiger partial charge >= 0.3 is 0 Å². The number of fused-ring (bicyclic) bond motifs is 1. The lowest BCUT2D eigenvalue weighted by atomic mass is 9.99. The maximum Gasteiger partial charge on any atom is 0.114 e. The monoisotopic (exact) mass is 168 g/mol. The molecule has 11 heavy (non-hydrogen) atoms. The second-order valence-corrected chi connectivity index (χ2v) is 3.56. The highest BCUT2D eigenvalue weighted by atomic mass is 32.1. The zero-order chi connectivity index (χ0) is 7.84. The summed E-state index contributed by atoms with van der Waals surface area (Å²) < 4.78 is 5.56. The average molecular weight is 168 g/mol. The zero-order valence-electron chi connectivity index (χ0n) is 6.68. The number of furan rings is 1. The molecule has 1 nitrogen and oxygen atoms in total. The summed E-state index contributed by atoms with van der Waals surface area (Å²) in [5, 5.41) is 0. The van der Waals surface area contributed by atoms with E-state index < -0.39 is 0 Å². The van der Waals surface area contributed by atoms with Crippen molar-refractivity contribution in [3.05, 3.63) is 17.1 Å². The van der Waals surface area contributed by atoms with Gasteiger partial charge in [0.15, 0.2) is 0 Å². The van der Waals surface area contributed by atoms with E-state index in [9.17, 15) is 0 Å². The minimum absolute atomic E-state index is 0.986. The van der Waals surface area contributed by atoms with Crippen LogP contribution in [0.4, 0.5) is 0 Å². The van der Waals surface area contributed by atoms with Crippen molar-refractivity contribution in [2.24, 2.45) is 0 Å².